The minimum absolute atomic E-state index is 0.154. The molecule has 0 spiro atoms. The van der Waals surface area contributed by atoms with E-state index in [9.17, 15) is 5.11 Å². The lowest BCUT2D eigenvalue weighted by Gasteiger charge is -2.35. The minimum atomic E-state index is 0.154. The van der Waals surface area contributed by atoms with E-state index in [0.717, 1.165) is 12.0 Å². The number of aromatic hydroxyl groups is 1. The molecule has 0 amide bonds. The quantitative estimate of drug-likeness (QED) is 0.665. The van der Waals surface area contributed by atoms with E-state index in [2.05, 4.69) is 33.8 Å². The maximum absolute atomic E-state index is 9.80. The molecule has 0 radical (unpaired) electrons. The fourth-order valence-corrected chi connectivity index (χ4v) is 2.37. The van der Waals surface area contributed by atoms with Crippen LogP contribution in [0, 0.1) is 5.41 Å². The highest BCUT2D eigenvalue weighted by Crippen LogP contribution is 2.52. The standard InChI is InChI=1S/C13H18O/c1-12(2)8-9-10(13(12,3)4)6-5-7-11(9)14/h5-7,14H,8H2,1-4H3. The summed E-state index contributed by atoms with van der Waals surface area (Å²) in [6.07, 6.45) is 0.974. The van der Waals surface area contributed by atoms with Crippen LogP contribution in [0.2, 0.25) is 0 Å². The summed E-state index contributed by atoms with van der Waals surface area (Å²) in [6.45, 7) is 9.06. The van der Waals surface area contributed by atoms with Gasteiger partial charge in [0.25, 0.3) is 0 Å². The Morgan fingerprint density at radius 2 is 1.79 bits per heavy atom. The monoisotopic (exact) mass is 190 g/mol. The highest BCUT2D eigenvalue weighted by molar-refractivity contribution is 5.48. The lowest BCUT2D eigenvalue weighted by atomic mass is 9.69. The first kappa shape index (κ1) is 9.57. The van der Waals surface area contributed by atoms with Crippen LogP contribution in [-0.4, -0.2) is 5.11 Å². The third-order valence-electron chi connectivity index (χ3n) is 4.14. The van der Waals surface area contributed by atoms with Gasteiger partial charge < -0.3 is 5.11 Å². The van der Waals surface area contributed by atoms with Crippen molar-refractivity contribution >= 4 is 0 Å². The van der Waals surface area contributed by atoms with Crippen LogP contribution >= 0.6 is 0 Å². The molecule has 14 heavy (non-hydrogen) atoms. The molecule has 1 N–H and O–H groups in total. The van der Waals surface area contributed by atoms with Gasteiger partial charge in [0.2, 0.25) is 0 Å². The average Bonchev–Trinajstić information content (AvgIpc) is 2.24. The zero-order valence-electron chi connectivity index (χ0n) is 9.39. The van der Waals surface area contributed by atoms with Crippen molar-refractivity contribution in [3.8, 4) is 5.75 Å². The maximum Gasteiger partial charge on any atom is 0.119 e. The molecule has 1 aliphatic rings. The third kappa shape index (κ3) is 1.01. The van der Waals surface area contributed by atoms with Crippen LogP contribution in [0.15, 0.2) is 18.2 Å². The molecule has 76 valence electrons. The molecule has 1 aromatic carbocycles. The van der Waals surface area contributed by atoms with Gasteiger partial charge in [-0.2, -0.15) is 0 Å². The van der Waals surface area contributed by atoms with Gasteiger partial charge in [-0.25, -0.2) is 0 Å². The Hall–Kier alpha value is -0.980. The molecule has 0 heterocycles. The van der Waals surface area contributed by atoms with Crippen molar-refractivity contribution in [3.05, 3.63) is 29.3 Å². The van der Waals surface area contributed by atoms with Gasteiger partial charge >= 0.3 is 0 Å². The molecule has 0 saturated carbocycles. The summed E-state index contributed by atoms with van der Waals surface area (Å²) in [5.74, 6) is 0.459. The molecule has 0 saturated heterocycles. The first-order valence-corrected chi connectivity index (χ1v) is 5.17. The predicted octanol–water partition coefficient (Wildman–Crippen LogP) is 3.25. The zero-order valence-corrected chi connectivity index (χ0v) is 9.39. The van der Waals surface area contributed by atoms with Crippen molar-refractivity contribution in [2.45, 2.75) is 39.5 Å². The Kier molecular flexibility index (Phi) is 1.73. The molecule has 0 aliphatic heterocycles. The minimum Gasteiger partial charge on any atom is -0.508 e. The molecule has 0 atom stereocenters. The van der Waals surface area contributed by atoms with Crippen molar-refractivity contribution in [3.63, 3.8) is 0 Å². The number of benzene rings is 1. The molecule has 1 aliphatic carbocycles. The van der Waals surface area contributed by atoms with E-state index in [1.807, 2.05) is 6.07 Å². The summed E-state index contributed by atoms with van der Waals surface area (Å²) in [6, 6.07) is 5.87. The second-order valence-electron chi connectivity index (χ2n) is 5.49. The average molecular weight is 190 g/mol. The first-order chi connectivity index (χ1) is 6.36. The summed E-state index contributed by atoms with van der Waals surface area (Å²) in [5, 5.41) is 9.80. The van der Waals surface area contributed by atoms with Gasteiger partial charge in [-0.3, -0.25) is 0 Å². The van der Waals surface area contributed by atoms with Gasteiger partial charge in [-0.15, -0.1) is 0 Å². The van der Waals surface area contributed by atoms with Crippen LogP contribution in [-0.2, 0) is 11.8 Å². The van der Waals surface area contributed by atoms with Gasteiger partial charge in [-0.1, -0.05) is 39.8 Å². The van der Waals surface area contributed by atoms with E-state index in [1.165, 1.54) is 5.56 Å². The highest BCUT2D eigenvalue weighted by Gasteiger charge is 2.46. The molecular formula is C13H18O. The Bertz CT molecular complexity index is 375. The van der Waals surface area contributed by atoms with E-state index >= 15 is 0 Å². The van der Waals surface area contributed by atoms with E-state index < -0.39 is 0 Å². The molecule has 0 unspecified atom stereocenters. The molecular weight excluding hydrogens is 172 g/mol. The Labute approximate surface area is 85.8 Å². The van der Waals surface area contributed by atoms with Crippen LogP contribution < -0.4 is 0 Å². The Balaban J connectivity index is 2.66. The Morgan fingerprint density at radius 1 is 1.14 bits per heavy atom. The van der Waals surface area contributed by atoms with Crippen LogP contribution in [0.4, 0.5) is 0 Å². The number of phenolic OH excluding ortho intramolecular Hbond substituents is 1. The third-order valence-corrected chi connectivity index (χ3v) is 4.14. The molecule has 1 aromatic rings. The number of hydrogen-bond donors (Lipinski definition) is 1. The van der Waals surface area contributed by atoms with E-state index in [1.54, 1.807) is 6.07 Å². The van der Waals surface area contributed by atoms with E-state index in [-0.39, 0.29) is 10.8 Å². The Morgan fingerprint density at radius 3 is 2.36 bits per heavy atom. The van der Waals surface area contributed by atoms with Gasteiger partial charge in [0.1, 0.15) is 5.75 Å². The summed E-state index contributed by atoms with van der Waals surface area (Å²) in [4.78, 5) is 0. The summed E-state index contributed by atoms with van der Waals surface area (Å²) in [7, 11) is 0. The fraction of sp³-hybridized carbons (Fsp3) is 0.538. The van der Waals surface area contributed by atoms with Crippen LogP contribution in [0.25, 0.3) is 0 Å². The lowest BCUT2D eigenvalue weighted by Crippen LogP contribution is -2.32. The van der Waals surface area contributed by atoms with Crippen LogP contribution in [0.1, 0.15) is 38.8 Å². The number of hydrogen-bond acceptors (Lipinski definition) is 1. The van der Waals surface area contributed by atoms with Crippen molar-refractivity contribution < 1.29 is 5.11 Å². The smallest absolute Gasteiger partial charge is 0.119 e. The van der Waals surface area contributed by atoms with E-state index in [4.69, 9.17) is 0 Å². The van der Waals surface area contributed by atoms with Gasteiger partial charge in [0.05, 0.1) is 0 Å². The maximum atomic E-state index is 9.80. The highest BCUT2D eigenvalue weighted by atomic mass is 16.3. The molecule has 0 fully saturated rings. The molecule has 0 bridgehead atoms. The molecule has 0 aromatic heterocycles. The molecule has 2 rings (SSSR count). The zero-order chi connectivity index (χ0) is 10.6. The molecule has 1 nitrogen and oxygen atoms in total. The van der Waals surface area contributed by atoms with Crippen molar-refractivity contribution in [2.75, 3.05) is 0 Å². The predicted molar refractivity (Wildman–Crippen MR) is 58.6 cm³/mol. The van der Waals surface area contributed by atoms with Crippen LogP contribution in [0.5, 0.6) is 5.75 Å². The second kappa shape index (κ2) is 2.53. The molecule has 1 heteroatoms. The van der Waals surface area contributed by atoms with Gasteiger partial charge in [0, 0.05) is 0 Å². The largest absolute Gasteiger partial charge is 0.508 e. The van der Waals surface area contributed by atoms with Crippen molar-refractivity contribution in [1.29, 1.82) is 0 Å². The summed E-state index contributed by atoms with van der Waals surface area (Å²) < 4.78 is 0. The normalized spacial score (nSPS) is 22.0. The summed E-state index contributed by atoms with van der Waals surface area (Å²) in [5.41, 5.74) is 2.83. The second-order valence-corrected chi connectivity index (χ2v) is 5.49. The van der Waals surface area contributed by atoms with Crippen molar-refractivity contribution in [1.82, 2.24) is 0 Å². The lowest BCUT2D eigenvalue weighted by molar-refractivity contribution is 0.225. The number of rotatable bonds is 0. The topological polar surface area (TPSA) is 20.2 Å². The van der Waals surface area contributed by atoms with E-state index in [0.29, 0.717) is 5.75 Å². The van der Waals surface area contributed by atoms with Crippen LogP contribution in [0.3, 0.4) is 0 Å². The van der Waals surface area contributed by atoms with Gasteiger partial charge in [0.15, 0.2) is 0 Å². The van der Waals surface area contributed by atoms with Gasteiger partial charge in [-0.05, 0) is 34.4 Å². The first-order valence-electron chi connectivity index (χ1n) is 5.17. The number of phenols is 1. The van der Waals surface area contributed by atoms with Crippen molar-refractivity contribution in [2.24, 2.45) is 5.41 Å². The number of fused-ring (bicyclic) bond motifs is 1. The fourth-order valence-electron chi connectivity index (χ4n) is 2.37. The summed E-state index contributed by atoms with van der Waals surface area (Å²) >= 11 is 0. The SMILES string of the molecule is CC1(C)Cc2c(O)cccc2C1(C)C.